The molecule has 1 aromatic carbocycles. The first kappa shape index (κ1) is 13.7. The van der Waals surface area contributed by atoms with Crippen LogP contribution in [0.25, 0.3) is 11.5 Å². The van der Waals surface area contributed by atoms with E-state index in [-0.39, 0.29) is 17.5 Å². The number of nitro groups is 1. The van der Waals surface area contributed by atoms with Gasteiger partial charge in [-0.25, -0.2) is 0 Å². The minimum Gasteiger partial charge on any atom is -0.453 e. The molecule has 0 aliphatic heterocycles. The number of nitro benzene ring substituents is 1. The summed E-state index contributed by atoms with van der Waals surface area (Å²) in [5.41, 5.74) is 0.520. The molecule has 2 aromatic rings. The van der Waals surface area contributed by atoms with Gasteiger partial charge in [0.1, 0.15) is 0 Å². The molecule has 20 heavy (non-hydrogen) atoms. The van der Waals surface area contributed by atoms with Gasteiger partial charge in [-0.05, 0) is 19.1 Å². The monoisotopic (exact) mass is 277 g/mol. The molecular formula is C12H11N3O5. The van der Waals surface area contributed by atoms with Crippen molar-refractivity contribution in [3.63, 3.8) is 0 Å². The molecule has 1 aromatic heterocycles. The average molecular weight is 277 g/mol. The predicted octanol–water partition coefficient (Wildman–Crippen LogP) is 2.27. The highest BCUT2D eigenvalue weighted by atomic mass is 16.6. The van der Waals surface area contributed by atoms with Gasteiger partial charge in [-0.2, -0.15) is 0 Å². The number of hydrogen-bond acceptors (Lipinski definition) is 7. The Morgan fingerprint density at radius 1 is 1.35 bits per heavy atom. The summed E-state index contributed by atoms with van der Waals surface area (Å²) in [4.78, 5) is 20.9. The molecular weight excluding hydrogens is 266 g/mol. The van der Waals surface area contributed by atoms with Crippen molar-refractivity contribution in [1.82, 2.24) is 10.2 Å². The van der Waals surface area contributed by atoms with Gasteiger partial charge in [0.25, 0.3) is 11.6 Å². The molecule has 8 nitrogen and oxygen atoms in total. The number of rotatable bonds is 4. The van der Waals surface area contributed by atoms with Gasteiger partial charge < -0.3 is 9.15 Å². The number of carbonyl (C=O) groups is 1. The van der Waals surface area contributed by atoms with Crippen LogP contribution in [0.5, 0.6) is 0 Å². The maximum Gasteiger partial charge on any atom is 0.303 e. The van der Waals surface area contributed by atoms with E-state index < -0.39 is 17.0 Å². The van der Waals surface area contributed by atoms with Crippen LogP contribution in [-0.4, -0.2) is 21.1 Å². The lowest BCUT2D eigenvalue weighted by atomic mass is 10.2. The molecule has 8 heteroatoms. The van der Waals surface area contributed by atoms with Crippen molar-refractivity contribution in [1.29, 1.82) is 0 Å². The van der Waals surface area contributed by atoms with Gasteiger partial charge in [0.05, 0.1) is 4.92 Å². The number of esters is 1. The Morgan fingerprint density at radius 2 is 2.00 bits per heavy atom. The van der Waals surface area contributed by atoms with Crippen molar-refractivity contribution < 1.29 is 18.9 Å². The van der Waals surface area contributed by atoms with Crippen molar-refractivity contribution in [2.75, 3.05) is 0 Å². The van der Waals surface area contributed by atoms with Gasteiger partial charge in [0.2, 0.25) is 5.89 Å². The largest absolute Gasteiger partial charge is 0.453 e. The minimum atomic E-state index is -0.646. The molecule has 2 rings (SSSR count). The number of aromatic nitrogens is 2. The van der Waals surface area contributed by atoms with Gasteiger partial charge >= 0.3 is 5.97 Å². The molecule has 0 spiro atoms. The van der Waals surface area contributed by atoms with Gasteiger partial charge in [-0.1, -0.05) is 0 Å². The van der Waals surface area contributed by atoms with Crippen molar-refractivity contribution in [3.8, 4) is 11.5 Å². The summed E-state index contributed by atoms with van der Waals surface area (Å²) in [5, 5.41) is 18.1. The third kappa shape index (κ3) is 2.97. The van der Waals surface area contributed by atoms with E-state index in [1.807, 2.05) is 0 Å². The molecule has 0 bridgehead atoms. The van der Waals surface area contributed by atoms with Crippen molar-refractivity contribution >= 4 is 11.7 Å². The maximum atomic E-state index is 10.8. The molecule has 0 N–H and O–H groups in total. The summed E-state index contributed by atoms with van der Waals surface area (Å²) in [6, 6.07) is 5.70. The van der Waals surface area contributed by atoms with E-state index in [0.717, 1.165) is 0 Å². The second-order valence-corrected chi connectivity index (χ2v) is 4.00. The first-order chi connectivity index (χ1) is 9.47. The standard InChI is InChI=1S/C12H11N3O5/c1-7(19-8(2)16)11-13-14-12(20-11)9-3-5-10(6-4-9)15(17)18/h3-7H,1-2H3/t7-/m0/s1. The number of nitrogens with zero attached hydrogens (tertiary/aromatic N) is 3. The van der Waals surface area contributed by atoms with Crippen LogP contribution in [0.2, 0.25) is 0 Å². The summed E-state index contributed by atoms with van der Waals surface area (Å²) in [5.74, 6) is -0.0879. The molecule has 1 heterocycles. The van der Waals surface area contributed by atoms with Crippen LogP contribution < -0.4 is 0 Å². The van der Waals surface area contributed by atoms with Crippen LogP contribution >= 0.6 is 0 Å². The fourth-order valence-electron chi connectivity index (χ4n) is 1.54. The quantitative estimate of drug-likeness (QED) is 0.479. The number of hydrogen-bond donors (Lipinski definition) is 0. The summed E-state index contributed by atoms with van der Waals surface area (Å²) >= 11 is 0. The summed E-state index contributed by atoms with van der Waals surface area (Å²) in [6.07, 6.45) is -0.646. The first-order valence-electron chi connectivity index (χ1n) is 5.73. The lowest BCUT2D eigenvalue weighted by molar-refractivity contribution is -0.384. The topological polar surface area (TPSA) is 108 Å². The average Bonchev–Trinajstić information content (AvgIpc) is 2.87. The summed E-state index contributed by atoms with van der Waals surface area (Å²) in [6.45, 7) is 2.89. The molecule has 104 valence electrons. The van der Waals surface area contributed by atoms with E-state index in [0.29, 0.717) is 5.56 Å². The maximum absolute atomic E-state index is 10.8. The highest BCUT2D eigenvalue weighted by Gasteiger charge is 2.17. The van der Waals surface area contributed by atoms with E-state index in [4.69, 9.17) is 9.15 Å². The Morgan fingerprint density at radius 3 is 2.55 bits per heavy atom. The number of ether oxygens (including phenoxy) is 1. The van der Waals surface area contributed by atoms with Crippen LogP contribution in [0.15, 0.2) is 28.7 Å². The zero-order valence-electron chi connectivity index (χ0n) is 10.8. The van der Waals surface area contributed by atoms with E-state index in [1.54, 1.807) is 6.92 Å². The van der Waals surface area contributed by atoms with Crippen LogP contribution in [0.3, 0.4) is 0 Å². The lowest BCUT2D eigenvalue weighted by Crippen LogP contribution is -2.04. The highest BCUT2D eigenvalue weighted by Crippen LogP contribution is 2.24. The highest BCUT2D eigenvalue weighted by molar-refractivity contribution is 5.66. The summed E-state index contributed by atoms with van der Waals surface area (Å²) < 4.78 is 10.3. The van der Waals surface area contributed by atoms with Gasteiger partial charge in [0, 0.05) is 24.6 Å². The first-order valence-corrected chi connectivity index (χ1v) is 5.73. The molecule has 0 fully saturated rings. The third-order valence-electron chi connectivity index (χ3n) is 2.46. The Kier molecular flexibility index (Phi) is 3.74. The molecule has 0 saturated carbocycles. The number of non-ortho nitro benzene ring substituents is 1. The van der Waals surface area contributed by atoms with Crippen molar-refractivity contribution in [2.24, 2.45) is 0 Å². The predicted molar refractivity (Wildman–Crippen MR) is 66.6 cm³/mol. The molecule has 0 radical (unpaired) electrons. The molecule has 0 aliphatic rings. The van der Waals surface area contributed by atoms with Crippen LogP contribution in [0.4, 0.5) is 5.69 Å². The Labute approximate surface area is 113 Å². The second kappa shape index (κ2) is 5.47. The fraction of sp³-hybridized carbons (Fsp3) is 0.250. The molecule has 0 unspecified atom stereocenters. The smallest absolute Gasteiger partial charge is 0.303 e. The second-order valence-electron chi connectivity index (χ2n) is 4.00. The minimum absolute atomic E-state index is 0.0261. The molecule has 0 amide bonds. The summed E-state index contributed by atoms with van der Waals surface area (Å²) in [7, 11) is 0. The van der Waals surface area contributed by atoms with Gasteiger partial charge in [0.15, 0.2) is 6.10 Å². The lowest BCUT2D eigenvalue weighted by Gasteiger charge is -2.05. The van der Waals surface area contributed by atoms with E-state index in [1.165, 1.54) is 31.2 Å². The number of benzene rings is 1. The van der Waals surface area contributed by atoms with Crippen LogP contribution in [0.1, 0.15) is 25.8 Å². The zero-order valence-corrected chi connectivity index (χ0v) is 10.8. The van der Waals surface area contributed by atoms with Gasteiger partial charge in [-0.3, -0.25) is 14.9 Å². The fourth-order valence-corrected chi connectivity index (χ4v) is 1.54. The third-order valence-corrected chi connectivity index (χ3v) is 2.46. The van der Waals surface area contributed by atoms with Crippen LogP contribution in [-0.2, 0) is 9.53 Å². The number of carbonyl (C=O) groups excluding carboxylic acids is 1. The van der Waals surface area contributed by atoms with E-state index in [9.17, 15) is 14.9 Å². The van der Waals surface area contributed by atoms with Crippen molar-refractivity contribution in [2.45, 2.75) is 20.0 Å². The SMILES string of the molecule is CC(=O)O[C@@H](C)c1nnc(-c2ccc([N+](=O)[O-])cc2)o1. The zero-order chi connectivity index (χ0) is 14.7. The van der Waals surface area contributed by atoms with Crippen LogP contribution in [0, 0.1) is 10.1 Å². The molecule has 0 aliphatic carbocycles. The Hall–Kier alpha value is -2.77. The Balaban J connectivity index is 2.20. The molecule has 1 atom stereocenters. The van der Waals surface area contributed by atoms with E-state index in [2.05, 4.69) is 10.2 Å². The molecule has 0 saturated heterocycles. The normalized spacial score (nSPS) is 11.9. The van der Waals surface area contributed by atoms with Gasteiger partial charge in [-0.15, -0.1) is 10.2 Å². The van der Waals surface area contributed by atoms with E-state index >= 15 is 0 Å². The Bertz CT molecular complexity index is 635. The van der Waals surface area contributed by atoms with Crippen molar-refractivity contribution in [3.05, 3.63) is 40.3 Å².